The first-order valence-electron chi connectivity index (χ1n) is 10.9. The number of hydrogen-bond acceptors (Lipinski definition) is 20. The summed E-state index contributed by atoms with van der Waals surface area (Å²) in [5.74, 6) is -38.4. The van der Waals surface area contributed by atoms with E-state index in [4.69, 9.17) is 5.73 Å². The molecule has 6 aliphatic rings. The summed E-state index contributed by atoms with van der Waals surface area (Å²) in [5, 5.41) is 192. The van der Waals surface area contributed by atoms with Crippen LogP contribution in [0.15, 0.2) is 0 Å². The second-order valence-electron chi connectivity index (χ2n) is 10.9. The summed E-state index contributed by atoms with van der Waals surface area (Å²) in [6, 6.07) is -5.47. The van der Waals surface area contributed by atoms with Gasteiger partial charge in [-0.1, -0.05) is 0 Å². The van der Waals surface area contributed by atoms with Gasteiger partial charge in [0.15, 0.2) is 11.2 Å². The monoisotopic (exact) mass is 571 g/mol. The zero-order valence-corrected chi connectivity index (χ0v) is 19.0. The third-order valence-electron chi connectivity index (χ3n) is 9.69. The number of fused-ring (bicyclic) bond motifs is 1. The van der Waals surface area contributed by atoms with E-state index in [1.165, 1.54) is 6.07 Å². The maximum atomic E-state index is 13.6. The molecule has 6 fully saturated rings. The van der Waals surface area contributed by atoms with Gasteiger partial charge in [-0.05, 0) is 6.42 Å². The Balaban J connectivity index is 1.88. The smallest absolute Gasteiger partial charge is 0.244 e. The lowest BCUT2D eigenvalue weighted by molar-refractivity contribution is -0.712. The van der Waals surface area contributed by atoms with E-state index in [-0.39, 0.29) is 4.90 Å². The fraction of sp³-hybridized carbons (Fsp3) is 0.889. The number of nitrogens with two attached hydrogens (primary N) is 1. The number of nitriles is 1. The van der Waals surface area contributed by atoms with Crippen molar-refractivity contribution in [2.24, 2.45) is 17.1 Å². The third-order valence-corrected chi connectivity index (χ3v) is 9.69. The van der Waals surface area contributed by atoms with E-state index < -0.39 is 99.1 Å². The minimum absolute atomic E-state index is 0.176. The number of nitrogens with zero attached hydrogens (tertiary/aromatic N) is 2. The summed E-state index contributed by atoms with van der Waals surface area (Å²) in [5.41, 5.74) is -15.4. The molecule has 5 aliphatic carbocycles. The quantitative estimate of drug-likeness (QED) is 0.137. The van der Waals surface area contributed by atoms with Gasteiger partial charge in [0.25, 0.3) is 0 Å². The van der Waals surface area contributed by atoms with Crippen molar-refractivity contribution in [3.63, 3.8) is 0 Å². The molecule has 1 aliphatic heterocycles. The van der Waals surface area contributed by atoms with Crippen molar-refractivity contribution >= 4 is 5.91 Å². The number of piperidine rings is 1. The van der Waals surface area contributed by atoms with E-state index >= 15 is 0 Å². The maximum Gasteiger partial charge on any atom is 0.244 e. The predicted molar refractivity (Wildman–Crippen MR) is 104 cm³/mol. The molecule has 0 aromatic heterocycles. The number of likely N-dealkylation sites (tertiary alicyclic amines) is 1. The Bertz CT molecular complexity index is 1120. The molecule has 4 bridgehead atoms. The second kappa shape index (κ2) is 6.34. The van der Waals surface area contributed by atoms with E-state index in [0.717, 1.165) is 0 Å². The zero-order valence-electron chi connectivity index (χ0n) is 19.0. The lowest BCUT2D eigenvalue weighted by Crippen LogP contribution is -3.17. The molecule has 1 saturated heterocycles. The van der Waals surface area contributed by atoms with Gasteiger partial charge in [-0.2, -0.15) is 5.26 Å². The molecule has 0 spiro atoms. The Hall–Kier alpha value is -1.76. The minimum atomic E-state index is -5.40. The van der Waals surface area contributed by atoms with Gasteiger partial charge >= 0.3 is 0 Å². The molecule has 39 heavy (non-hydrogen) atoms. The largest absolute Gasteiger partial charge is 0.375 e. The molecule has 0 radical (unpaired) electrons. The van der Waals surface area contributed by atoms with Crippen LogP contribution in [0.2, 0.25) is 0 Å². The van der Waals surface area contributed by atoms with E-state index in [9.17, 15) is 96.9 Å². The molecular weight excluding hydrogens is 546 g/mol. The van der Waals surface area contributed by atoms with E-state index in [1.54, 1.807) is 0 Å². The number of carbonyl (C=O) groups excluding carboxylic acids is 1. The Morgan fingerprint density at radius 3 is 1.33 bits per heavy atom. The van der Waals surface area contributed by atoms with Gasteiger partial charge in [0, 0.05) is 5.92 Å². The van der Waals surface area contributed by atoms with E-state index in [1.807, 2.05) is 0 Å². The van der Waals surface area contributed by atoms with Crippen LogP contribution in [0.5, 0.6) is 0 Å². The van der Waals surface area contributed by atoms with Crippen molar-refractivity contribution in [3.05, 3.63) is 0 Å². The Labute approximate surface area is 213 Å². The van der Waals surface area contributed by atoms with Crippen molar-refractivity contribution in [1.82, 2.24) is 4.90 Å². The molecule has 220 valence electrons. The predicted octanol–water partition coefficient (Wildman–Crippen LogP) is -12.6. The lowest BCUT2D eigenvalue weighted by atomic mass is 9.29. The molecule has 0 aromatic rings. The van der Waals surface area contributed by atoms with Crippen LogP contribution in [0.1, 0.15) is 6.42 Å². The van der Waals surface area contributed by atoms with Gasteiger partial charge in [-0.3, -0.25) is 4.79 Å². The summed E-state index contributed by atoms with van der Waals surface area (Å²) in [7, 11) is 0. The number of rotatable bonds is 2. The number of amides is 1. The van der Waals surface area contributed by atoms with Crippen LogP contribution in [0.25, 0.3) is 0 Å². The number of carbonyl (C=O) groups is 1. The van der Waals surface area contributed by atoms with Crippen molar-refractivity contribution in [2.45, 2.75) is 81.9 Å². The molecule has 5 saturated carbocycles. The van der Waals surface area contributed by atoms with E-state index in [0.29, 0.717) is 0 Å². The molecule has 19 N–H and O–H groups in total. The summed E-state index contributed by atoms with van der Waals surface area (Å²) < 4.78 is 0. The van der Waals surface area contributed by atoms with Crippen LogP contribution in [0.3, 0.4) is 0 Å². The minimum Gasteiger partial charge on any atom is -0.375 e. The topological polar surface area (TPSA) is 414 Å². The maximum absolute atomic E-state index is 13.6. The van der Waals surface area contributed by atoms with Crippen molar-refractivity contribution in [2.75, 3.05) is 0 Å². The molecule has 6 rings (SSSR count). The Morgan fingerprint density at radius 1 is 0.692 bits per heavy atom. The van der Waals surface area contributed by atoms with Crippen LogP contribution >= 0.6 is 0 Å². The highest BCUT2D eigenvalue weighted by Gasteiger charge is 3.14. The number of aliphatic hydroxyl groups is 17. The van der Waals surface area contributed by atoms with Gasteiger partial charge in [0.1, 0.15) is 12.1 Å². The molecule has 21 nitrogen and oxygen atoms in total. The summed E-state index contributed by atoms with van der Waals surface area (Å²) in [4.78, 5) is 13.7. The third kappa shape index (κ3) is 1.93. The summed E-state index contributed by atoms with van der Waals surface area (Å²) in [6.45, 7) is 0. The number of hydrogen-bond donors (Lipinski definition) is 18. The van der Waals surface area contributed by atoms with Crippen LogP contribution < -0.4 is 5.73 Å². The Kier molecular flexibility index (Phi) is 4.68. The highest BCUT2D eigenvalue weighted by Crippen LogP contribution is 2.80. The van der Waals surface area contributed by atoms with Crippen molar-refractivity contribution < 1.29 is 91.6 Å². The second-order valence-corrected chi connectivity index (χ2v) is 10.9. The van der Waals surface area contributed by atoms with Crippen LogP contribution in [-0.2, 0) is 4.79 Å². The molecule has 1 heterocycles. The first kappa shape index (κ1) is 28.8. The summed E-state index contributed by atoms with van der Waals surface area (Å²) >= 11 is 0. The van der Waals surface area contributed by atoms with Crippen molar-refractivity contribution in [3.8, 4) is 6.07 Å². The van der Waals surface area contributed by atoms with Crippen molar-refractivity contribution in [1.29, 1.82) is 5.26 Å². The molecule has 4 atom stereocenters. The van der Waals surface area contributed by atoms with Crippen LogP contribution in [0, 0.1) is 22.7 Å². The SMILES string of the molecule is N#CC1CC2C(N1C(=O)C(N)C13C(O)(O)C4(O)C(O)(O)C(O)(C(O)(O)C(O)(C4(O)O)C1(O)O)C3(O)O)C2(O)O. The first-order chi connectivity index (χ1) is 17.1. The van der Waals surface area contributed by atoms with E-state index in [2.05, 4.69) is 0 Å². The molecule has 21 heteroatoms. The molecule has 4 unspecified atom stereocenters. The molecular formula is C18H25N3O18. The normalized spacial score (nSPS) is 50.2. The van der Waals surface area contributed by atoms with Crippen LogP contribution in [0.4, 0.5) is 0 Å². The van der Waals surface area contributed by atoms with Gasteiger partial charge in [-0.15, -0.1) is 0 Å². The zero-order chi connectivity index (χ0) is 30.4. The fourth-order valence-corrected chi connectivity index (χ4v) is 7.62. The van der Waals surface area contributed by atoms with Crippen LogP contribution in [-0.4, -0.2) is 173 Å². The average molecular weight is 571 g/mol. The molecule has 1 amide bonds. The highest BCUT2D eigenvalue weighted by atomic mass is 16.7. The van der Waals surface area contributed by atoms with Gasteiger partial charge < -0.3 is 97.4 Å². The van der Waals surface area contributed by atoms with Gasteiger partial charge in [0.05, 0.1) is 12.1 Å². The highest BCUT2D eigenvalue weighted by molar-refractivity contribution is 5.86. The standard InChI is InChI=1S/C18H25N3O18/c19-2-3-1-4-6(8(4,23)24)21(3)7(22)5(20)9-13(28,29)10(25)16(34,35)11(26,14(9,30)31)18(38,39)12(27,15(9,32)33)17(10,36)37/h3-6,23-39H,1,20H2. The van der Waals surface area contributed by atoms with Gasteiger partial charge in [0.2, 0.25) is 57.4 Å². The molecule has 0 aromatic carbocycles. The Morgan fingerprint density at radius 2 is 1.03 bits per heavy atom. The lowest BCUT2D eigenvalue weighted by Gasteiger charge is -2.84. The average Bonchev–Trinajstić information content (AvgIpc) is 3.12. The first-order valence-corrected chi connectivity index (χ1v) is 10.9. The van der Waals surface area contributed by atoms with Gasteiger partial charge in [-0.25, -0.2) is 0 Å². The summed E-state index contributed by atoms with van der Waals surface area (Å²) in [6.07, 6.45) is -0.489. The fourth-order valence-electron chi connectivity index (χ4n) is 7.62.